The number of nitrogens with zero attached hydrogens (tertiary/aromatic N) is 6. The van der Waals surface area contributed by atoms with Crippen LogP contribution >= 0.6 is 0 Å². The molecule has 29 heavy (non-hydrogen) atoms. The van der Waals surface area contributed by atoms with Crippen LogP contribution in [-0.4, -0.2) is 36.0 Å². The van der Waals surface area contributed by atoms with Gasteiger partial charge in [-0.2, -0.15) is 18.3 Å². The fourth-order valence-electron chi connectivity index (χ4n) is 3.76. The van der Waals surface area contributed by atoms with Gasteiger partial charge >= 0.3 is 6.18 Å². The van der Waals surface area contributed by atoms with E-state index in [9.17, 15) is 13.2 Å². The Hall–Kier alpha value is -2.55. The maximum atomic E-state index is 13.6. The molecule has 4 heterocycles. The third-order valence-corrected chi connectivity index (χ3v) is 5.27. The predicted molar refractivity (Wildman–Crippen MR) is 101 cm³/mol. The quantitative estimate of drug-likeness (QED) is 0.649. The lowest BCUT2D eigenvalue weighted by Gasteiger charge is -2.22. The summed E-state index contributed by atoms with van der Waals surface area (Å²) in [6, 6.07) is 2.74. The highest BCUT2D eigenvalue weighted by Crippen LogP contribution is 2.35. The van der Waals surface area contributed by atoms with Gasteiger partial charge in [-0.3, -0.25) is 4.90 Å². The zero-order valence-corrected chi connectivity index (χ0v) is 16.6. The Morgan fingerprint density at radius 3 is 2.55 bits per heavy atom. The Labute approximate surface area is 166 Å². The summed E-state index contributed by atoms with van der Waals surface area (Å²) in [5.41, 5.74) is 1.46. The molecule has 6 nitrogen and oxygen atoms in total. The van der Waals surface area contributed by atoms with Gasteiger partial charge in [0.2, 0.25) is 0 Å². The lowest BCUT2D eigenvalue weighted by molar-refractivity contribution is -0.142. The van der Waals surface area contributed by atoms with E-state index in [4.69, 9.17) is 0 Å². The molecule has 154 valence electrons. The third-order valence-electron chi connectivity index (χ3n) is 5.27. The average Bonchev–Trinajstić information content (AvgIpc) is 3.27. The molecule has 0 aromatic carbocycles. The largest absolute Gasteiger partial charge is 0.433 e. The molecule has 3 aromatic heterocycles. The van der Waals surface area contributed by atoms with Crippen molar-refractivity contribution in [3.63, 3.8) is 0 Å². The summed E-state index contributed by atoms with van der Waals surface area (Å²) in [4.78, 5) is 15.1. The molecule has 0 aliphatic carbocycles. The number of likely N-dealkylation sites (tertiary alicyclic amines) is 1. The maximum absolute atomic E-state index is 13.6. The van der Waals surface area contributed by atoms with Crippen molar-refractivity contribution in [2.45, 2.75) is 58.3 Å². The van der Waals surface area contributed by atoms with Crippen LogP contribution < -0.4 is 0 Å². The van der Waals surface area contributed by atoms with Crippen molar-refractivity contribution in [3.05, 3.63) is 53.0 Å². The number of aromatic nitrogens is 5. The topological polar surface area (TPSA) is 59.2 Å². The van der Waals surface area contributed by atoms with E-state index in [0.717, 1.165) is 35.5 Å². The average molecular weight is 404 g/mol. The molecule has 0 bridgehead atoms. The van der Waals surface area contributed by atoms with Gasteiger partial charge in [-0.05, 0) is 38.3 Å². The molecule has 0 spiro atoms. The minimum atomic E-state index is -4.50. The fourth-order valence-corrected chi connectivity index (χ4v) is 3.76. The molecule has 4 rings (SSSR count). The predicted octanol–water partition coefficient (Wildman–Crippen LogP) is 4.31. The van der Waals surface area contributed by atoms with E-state index in [0.29, 0.717) is 23.8 Å². The van der Waals surface area contributed by atoms with Crippen molar-refractivity contribution in [2.75, 3.05) is 6.54 Å². The number of aryl methyl sites for hydroxylation is 1. The highest BCUT2D eigenvalue weighted by molar-refractivity contribution is 5.44. The Kier molecular flexibility index (Phi) is 5.02. The van der Waals surface area contributed by atoms with Gasteiger partial charge in [-0.15, -0.1) is 0 Å². The first-order chi connectivity index (χ1) is 13.7. The van der Waals surface area contributed by atoms with Crippen LogP contribution in [0.4, 0.5) is 13.2 Å². The molecule has 3 aromatic rings. The second-order valence-corrected chi connectivity index (χ2v) is 7.82. The Bertz CT molecular complexity index is 1010. The SMILES string of the molecule is Cc1ncc(CN2CCC[C@@H]2c2cc3nc(C(C)C)cc(C(F)(F)F)n3n2)cn1. The van der Waals surface area contributed by atoms with Crippen molar-refractivity contribution < 1.29 is 13.2 Å². The van der Waals surface area contributed by atoms with Crippen molar-refractivity contribution in [3.8, 4) is 0 Å². The zero-order chi connectivity index (χ0) is 20.8. The Morgan fingerprint density at radius 1 is 1.17 bits per heavy atom. The number of hydrogen-bond donors (Lipinski definition) is 0. The van der Waals surface area contributed by atoms with Gasteiger partial charge in [-0.1, -0.05) is 13.8 Å². The second kappa shape index (κ2) is 7.37. The molecule has 0 unspecified atom stereocenters. The molecule has 0 saturated carbocycles. The first kappa shape index (κ1) is 19.8. The van der Waals surface area contributed by atoms with Gasteiger partial charge in [0.05, 0.1) is 11.7 Å². The van der Waals surface area contributed by atoms with E-state index < -0.39 is 11.9 Å². The number of fused-ring (bicyclic) bond motifs is 1. The van der Waals surface area contributed by atoms with Crippen molar-refractivity contribution in [1.82, 2.24) is 29.5 Å². The van der Waals surface area contributed by atoms with Gasteiger partial charge in [0.1, 0.15) is 11.5 Å². The summed E-state index contributed by atoms with van der Waals surface area (Å²) < 4.78 is 41.8. The molecule has 1 aliphatic heterocycles. The number of alkyl halides is 3. The minimum absolute atomic E-state index is 0.0541. The van der Waals surface area contributed by atoms with Crippen LogP contribution in [0.2, 0.25) is 0 Å². The summed E-state index contributed by atoms with van der Waals surface area (Å²) in [5, 5.41) is 4.33. The zero-order valence-electron chi connectivity index (χ0n) is 16.6. The molecular weight excluding hydrogens is 381 g/mol. The highest BCUT2D eigenvalue weighted by atomic mass is 19.4. The summed E-state index contributed by atoms with van der Waals surface area (Å²) in [6.07, 6.45) is 0.888. The lowest BCUT2D eigenvalue weighted by Crippen LogP contribution is -2.23. The van der Waals surface area contributed by atoms with E-state index in [-0.39, 0.29) is 17.6 Å². The van der Waals surface area contributed by atoms with Crippen LogP contribution in [0.1, 0.15) is 67.1 Å². The van der Waals surface area contributed by atoms with Crippen LogP contribution in [0, 0.1) is 6.92 Å². The van der Waals surface area contributed by atoms with Crippen molar-refractivity contribution in [2.24, 2.45) is 0 Å². The van der Waals surface area contributed by atoms with Crippen molar-refractivity contribution in [1.29, 1.82) is 0 Å². The summed E-state index contributed by atoms with van der Waals surface area (Å²) in [7, 11) is 0. The van der Waals surface area contributed by atoms with Crippen LogP contribution in [0.15, 0.2) is 24.5 Å². The summed E-state index contributed by atoms with van der Waals surface area (Å²) in [6.45, 7) is 6.98. The summed E-state index contributed by atoms with van der Waals surface area (Å²) in [5.74, 6) is 0.600. The summed E-state index contributed by atoms with van der Waals surface area (Å²) >= 11 is 0. The van der Waals surface area contributed by atoms with E-state index in [1.807, 2.05) is 20.8 Å². The number of rotatable bonds is 4. The normalized spacial score (nSPS) is 18.2. The standard InChI is InChI=1S/C20H23F3N6/c1-12(2)15-7-18(20(21,22)23)29-19(26-15)8-16(27-29)17-5-4-6-28(17)11-14-9-24-13(3)25-10-14/h7-10,12,17H,4-6,11H2,1-3H3/t17-/m1/s1. The van der Waals surface area contributed by atoms with E-state index in [1.54, 1.807) is 18.5 Å². The fraction of sp³-hybridized carbons (Fsp3) is 0.500. The van der Waals surface area contributed by atoms with Crippen LogP contribution in [-0.2, 0) is 12.7 Å². The van der Waals surface area contributed by atoms with E-state index in [1.165, 1.54) is 0 Å². The third kappa shape index (κ3) is 3.96. The molecule has 1 atom stereocenters. The molecule has 0 radical (unpaired) electrons. The Balaban J connectivity index is 1.70. The monoisotopic (exact) mass is 404 g/mol. The smallest absolute Gasteiger partial charge is 0.290 e. The van der Waals surface area contributed by atoms with Gasteiger partial charge in [0, 0.05) is 36.3 Å². The van der Waals surface area contributed by atoms with Crippen LogP contribution in [0.3, 0.4) is 0 Å². The second-order valence-electron chi connectivity index (χ2n) is 7.82. The molecule has 1 aliphatic rings. The van der Waals surface area contributed by atoms with Gasteiger partial charge in [-0.25, -0.2) is 19.5 Å². The van der Waals surface area contributed by atoms with Gasteiger partial charge < -0.3 is 0 Å². The molecule has 0 amide bonds. The van der Waals surface area contributed by atoms with Crippen LogP contribution in [0.5, 0.6) is 0 Å². The van der Waals surface area contributed by atoms with E-state index >= 15 is 0 Å². The van der Waals surface area contributed by atoms with E-state index in [2.05, 4.69) is 25.0 Å². The minimum Gasteiger partial charge on any atom is -0.290 e. The molecule has 0 N–H and O–H groups in total. The highest BCUT2D eigenvalue weighted by Gasteiger charge is 2.36. The van der Waals surface area contributed by atoms with Gasteiger partial charge in [0.25, 0.3) is 0 Å². The number of hydrogen-bond acceptors (Lipinski definition) is 5. The van der Waals surface area contributed by atoms with Crippen LogP contribution in [0.25, 0.3) is 5.65 Å². The first-order valence-electron chi connectivity index (χ1n) is 9.72. The molecule has 1 fully saturated rings. The lowest BCUT2D eigenvalue weighted by atomic mass is 10.1. The number of halogens is 3. The molecular formula is C20H23F3N6. The first-order valence-corrected chi connectivity index (χ1v) is 9.72. The Morgan fingerprint density at radius 2 is 1.90 bits per heavy atom. The van der Waals surface area contributed by atoms with Crippen molar-refractivity contribution >= 4 is 5.65 Å². The maximum Gasteiger partial charge on any atom is 0.433 e. The van der Waals surface area contributed by atoms with Gasteiger partial charge in [0.15, 0.2) is 5.65 Å². The molecule has 9 heteroatoms. The molecule has 1 saturated heterocycles.